The first-order valence-electron chi connectivity index (χ1n) is 7.76. The Balaban J connectivity index is 1.70. The monoisotopic (exact) mass is 300 g/mol. The molecule has 23 heavy (non-hydrogen) atoms. The van der Waals surface area contributed by atoms with E-state index in [1.54, 1.807) is 0 Å². The van der Waals surface area contributed by atoms with Crippen LogP contribution in [0.15, 0.2) is 66.7 Å². The first-order chi connectivity index (χ1) is 11.3. The third-order valence-electron chi connectivity index (χ3n) is 4.49. The number of hydrogen-bond acceptors (Lipinski definition) is 3. The van der Waals surface area contributed by atoms with E-state index in [1.807, 2.05) is 6.07 Å². The van der Waals surface area contributed by atoms with E-state index in [-0.39, 0.29) is 0 Å². The molecule has 0 N–H and O–H groups in total. The summed E-state index contributed by atoms with van der Waals surface area (Å²) in [6.07, 6.45) is 0. The summed E-state index contributed by atoms with van der Waals surface area (Å²) in [5.41, 5.74) is 3.35. The summed E-state index contributed by atoms with van der Waals surface area (Å²) in [4.78, 5) is 7.09. The minimum Gasteiger partial charge on any atom is -0.292 e. The lowest BCUT2D eigenvalue weighted by Crippen LogP contribution is -2.29. The van der Waals surface area contributed by atoms with E-state index in [2.05, 4.69) is 82.3 Å². The quantitative estimate of drug-likeness (QED) is 0.533. The molecule has 1 aliphatic heterocycles. The molecule has 0 spiro atoms. The van der Waals surface area contributed by atoms with Crippen molar-refractivity contribution in [3.8, 4) is 0 Å². The summed E-state index contributed by atoms with van der Waals surface area (Å²) in [5.74, 6) is 0.976. The molecule has 0 amide bonds. The summed E-state index contributed by atoms with van der Waals surface area (Å²) in [6.45, 7) is 0.797. The van der Waals surface area contributed by atoms with Crippen molar-refractivity contribution in [3.63, 3.8) is 0 Å². The van der Waals surface area contributed by atoms with E-state index in [1.165, 1.54) is 16.5 Å². The first-order valence-corrected chi connectivity index (χ1v) is 7.76. The van der Waals surface area contributed by atoms with Gasteiger partial charge < -0.3 is 0 Å². The van der Waals surface area contributed by atoms with Crippen molar-refractivity contribution in [1.82, 2.24) is 9.66 Å². The molecule has 0 atom stereocenters. The topological polar surface area (TPSA) is 24.3 Å². The lowest BCUT2D eigenvalue weighted by atomic mass is 10.1. The number of hydrogen-bond donors (Lipinski definition) is 0. The summed E-state index contributed by atoms with van der Waals surface area (Å²) in [6, 6.07) is 23.3. The highest BCUT2D eigenvalue weighted by Gasteiger charge is 2.28. The molecule has 0 fully saturated rings. The second-order valence-corrected chi connectivity index (χ2v) is 5.97. The predicted molar refractivity (Wildman–Crippen MR) is 94.8 cm³/mol. The molecule has 5 rings (SSSR count). The average molecular weight is 300 g/mol. The van der Waals surface area contributed by atoms with Crippen molar-refractivity contribution >= 4 is 33.4 Å². The Hall–Kier alpha value is -3.01. The van der Waals surface area contributed by atoms with Crippen LogP contribution in [0.25, 0.3) is 21.8 Å². The molecular formula is C19H16N4. The molecule has 0 saturated heterocycles. The van der Waals surface area contributed by atoms with E-state index in [4.69, 9.17) is 4.98 Å². The van der Waals surface area contributed by atoms with Crippen molar-refractivity contribution in [2.75, 3.05) is 23.6 Å². The van der Waals surface area contributed by atoms with Gasteiger partial charge in [-0.1, -0.05) is 42.5 Å². The van der Waals surface area contributed by atoms with Gasteiger partial charge in [-0.2, -0.15) is 0 Å². The maximum Gasteiger partial charge on any atom is 0.232 e. The minimum atomic E-state index is 0.797. The van der Waals surface area contributed by atoms with Gasteiger partial charge in [0.2, 0.25) is 5.95 Å². The molecular weight excluding hydrogens is 284 g/mol. The van der Waals surface area contributed by atoms with Gasteiger partial charge in [0.15, 0.2) is 0 Å². The third-order valence-corrected chi connectivity index (χ3v) is 4.49. The fourth-order valence-corrected chi connectivity index (χ4v) is 3.38. The van der Waals surface area contributed by atoms with E-state index in [9.17, 15) is 0 Å². The molecule has 2 heterocycles. The lowest BCUT2D eigenvalue weighted by Gasteiger charge is -2.18. The Morgan fingerprint density at radius 3 is 2.57 bits per heavy atom. The van der Waals surface area contributed by atoms with Crippen LogP contribution in [0.4, 0.5) is 11.6 Å². The van der Waals surface area contributed by atoms with Gasteiger partial charge in [0, 0.05) is 12.7 Å². The van der Waals surface area contributed by atoms with Gasteiger partial charge in [-0.25, -0.2) is 9.66 Å². The third kappa shape index (κ3) is 1.75. The van der Waals surface area contributed by atoms with Crippen LogP contribution in [0.2, 0.25) is 0 Å². The molecule has 0 aliphatic carbocycles. The van der Waals surface area contributed by atoms with Crippen molar-refractivity contribution in [1.29, 1.82) is 0 Å². The smallest absolute Gasteiger partial charge is 0.232 e. The predicted octanol–water partition coefficient (Wildman–Crippen LogP) is 3.87. The molecule has 1 aromatic heterocycles. The van der Waals surface area contributed by atoms with Crippen molar-refractivity contribution in [2.24, 2.45) is 0 Å². The zero-order valence-corrected chi connectivity index (χ0v) is 12.8. The van der Waals surface area contributed by atoms with Crippen molar-refractivity contribution in [3.05, 3.63) is 66.7 Å². The summed E-state index contributed by atoms with van der Waals surface area (Å²) in [7, 11) is 2.10. The second-order valence-electron chi connectivity index (χ2n) is 5.97. The first kappa shape index (κ1) is 12.5. The molecule has 3 aromatic carbocycles. The molecule has 4 nitrogen and oxygen atoms in total. The van der Waals surface area contributed by atoms with Crippen LogP contribution in [-0.4, -0.2) is 23.4 Å². The number of benzene rings is 3. The van der Waals surface area contributed by atoms with Gasteiger partial charge in [-0.3, -0.25) is 9.91 Å². The molecule has 1 aliphatic rings. The number of nitrogens with zero attached hydrogens (tertiary/aromatic N) is 4. The Morgan fingerprint density at radius 1 is 0.870 bits per heavy atom. The standard InChI is InChI=1S/C19H16N4/c1-21-13-22(16-11-10-14-6-2-3-7-15(14)12-16)19-20-17-8-4-5-9-18(17)23(19)21/h2-12H,13H2,1H3. The number of aromatic nitrogens is 2. The number of fused-ring (bicyclic) bond motifs is 4. The molecule has 112 valence electrons. The van der Waals surface area contributed by atoms with Gasteiger partial charge in [0.25, 0.3) is 0 Å². The normalized spacial score (nSPS) is 14.0. The second kappa shape index (κ2) is 4.49. The van der Waals surface area contributed by atoms with Gasteiger partial charge >= 0.3 is 0 Å². The van der Waals surface area contributed by atoms with Gasteiger partial charge in [-0.15, -0.1) is 0 Å². The number of para-hydroxylation sites is 2. The fraction of sp³-hybridized carbons (Fsp3) is 0.105. The van der Waals surface area contributed by atoms with Crippen LogP contribution in [0.5, 0.6) is 0 Å². The van der Waals surface area contributed by atoms with Gasteiger partial charge in [-0.05, 0) is 35.0 Å². The maximum absolute atomic E-state index is 4.83. The van der Waals surface area contributed by atoms with Crippen molar-refractivity contribution < 1.29 is 0 Å². The van der Waals surface area contributed by atoms with Crippen molar-refractivity contribution in [2.45, 2.75) is 0 Å². The Morgan fingerprint density at radius 2 is 1.65 bits per heavy atom. The lowest BCUT2D eigenvalue weighted by molar-refractivity contribution is 0.759. The van der Waals surface area contributed by atoms with Crippen LogP contribution < -0.4 is 9.91 Å². The average Bonchev–Trinajstić information content (AvgIpc) is 3.12. The molecule has 4 heteroatoms. The van der Waals surface area contributed by atoms with Gasteiger partial charge in [0.1, 0.15) is 6.67 Å². The maximum atomic E-state index is 4.83. The zero-order chi connectivity index (χ0) is 15.4. The van der Waals surface area contributed by atoms with E-state index in [0.29, 0.717) is 0 Å². The minimum absolute atomic E-state index is 0.797. The molecule has 0 unspecified atom stereocenters. The van der Waals surface area contributed by atoms with Crippen LogP contribution in [0, 0.1) is 0 Å². The number of imidazole rings is 1. The molecule has 0 bridgehead atoms. The highest BCUT2D eigenvalue weighted by molar-refractivity contribution is 5.88. The highest BCUT2D eigenvalue weighted by atomic mass is 15.7. The summed E-state index contributed by atoms with van der Waals surface area (Å²) in [5, 5.41) is 4.71. The van der Waals surface area contributed by atoms with Gasteiger partial charge in [0.05, 0.1) is 11.0 Å². The summed E-state index contributed by atoms with van der Waals surface area (Å²) >= 11 is 0. The SMILES string of the molecule is CN1CN(c2ccc3ccccc3c2)c2nc3ccccc3n21. The molecule has 4 aromatic rings. The molecule has 0 saturated carbocycles. The Bertz CT molecular complexity index is 1030. The fourth-order valence-electron chi connectivity index (χ4n) is 3.38. The highest BCUT2D eigenvalue weighted by Crippen LogP contribution is 2.34. The Kier molecular flexibility index (Phi) is 2.45. The zero-order valence-electron chi connectivity index (χ0n) is 12.8. The molecule has 0 radical (unpaired) electrons. The van der Waals surface area contributed by atoms with Crippen LogP contribution in [-0.2, 0) is 0 Å². The number of anilines is 2. The van der Waals surface area contributed by atoms with E-state index < -0.39 is 0 Å². The van der Waals surface area contributed by atoms with E-state index >= 15 is 0 Å². The van der Waals surface area contributed by atoms with Crippen LogP contribution in [0.1, 0.15) is 0 Å². The van der Waals surface area contributed by atoms with Crippen LogP contribution in [0.3, 0.4) is 0 Å². The van der Waals surface area contributed by atoms with Crippen LogP contribution >= 0.6 is 0 Å². The number of rotatable bonds is 1. The largest absolute Gasteiger partial charge is 0.292 e. The van der Waals surface area contributed by atoms with E-state index in [0.717, 1.165) is 23.7 Å². The summed E-state index contributed by atoms with van der Waals surface area (Å²) < 4.78 is 2.19. The Labute approximate surface area is 134 Å².